The van der Waals surface area contributed by atoms with Gasteiger partial charge in [0.25, 0.3) is 0 Å². The van der Waals surface area contributed by atoms with Gasteiger partial charge in [0.2, 0.25) is 5.91 Å². The topological polar surface area (TPSA) is 68.8 Å². The van der Waals surface area contributed by atoms with Gasteiger partial charge in [-0.1, -0.05) is 0 Å². The maximum atomic E-state index is 12.2. The van der Waals surface area contributed by atoms with E-state index >= 15 is 0 Å². The number of carbonyl (C=O) groups is 1. The highest BCUT2D eigenvalue weighted by molar-refractivity contribution is 7.99. The highest BCUT2D eigenvalue weighted by Crippen LogP contribution is 2.32. The zero-order chi connectivity index (χ0) is 18.8. The van der Waals surface area contributed by atoms with E-state index < -0.39 is 0 Å². The van der Waals surface area contributed by atoms with E-state index in [4.69, 9.17) is 14.2 Å². The van der Waals surface area contributed by atoms with Crippen LogP contribution in [-0.2, 0) is 9.53 Å². The summed E-state index contributed by atoms with van der Waals surface area (Å²) in [4.78, 5) is 13.3. The Labute approximate surface area is 172 Å². The maximum absolute atomic E-state index is 12.2. The van der Waals surface area contributed by atoms with Crippen molar-refractivity contribution in [2.45, 2.75) is 24.2 Å². The van der Waals surface area contributed by atoms with E-state index in [0.29, 0.717) is 31.1 Å². The van der Waals surface area contributed by atoms with Crippen molar-refractivity contribution in [1.82, 2.24) is 10.6 Å². The Balaban J connectivity index is 0.00000364. The third-order valence-electron chi connectivity index (χ3n) is 4.73. The van der Waals surface area contributed by atoms with Crippen molar-refractivity contribution in [1.29, 1.82) is 0 Å². The van der Waals surface area contributed by atoms with Gasteiger partial charge >= 0.3 is 0 Å². The summed E-state index contributed by atoms with van der Waals surface area (Å²) in [6, 6.07) is 5.80. The van der Waals surface area contributed by atoms with E-state index in [1.807, 2.05) is 18.2 Å². The van der Waals surface area contributed by atoms with E-state index in [1.54, 1.807) is 33.1 Å². The Hall–Kier alpha value is -1.15. The Morgan fingerprint density at radius 2 is 1.89 bits per heavy atom. The van der Waals surface area contributed by atoms with Crippen LogP contribution in [-0.4, -0.2) is 59.2 Å². The third kappa shape index (κ3) is 7.41. The molecule has 0 saturated carbocycles. The molecule has 0 radical (unpaired) electrons. The smallest absolute Gasteiger partial charge is 0.220 e. The van der Waals surface area contributed by atoms with E-state index in [9.17, 15) is 4.79 Å². The van der Waals surface area contributed by atoms with Gasteiger partial charge in [-0.2, -0.15) is 0 Å². The lowest BCUT2D eigenvalue weighted by atomic mass is 9.79. The summed E-state index contributed by atoms with van der Waals surface area (Å²) >= 11 is 1.64. The fraction of sp³-hybridized carbons (Fsp3) is 0.632. The maximum Gasteiger partial charge on any atom is 0.220 e. The van der Waals surface area contributed by atoms with E-state index in [2.05, 4.69) is 10.6 Å². The van der Waals surface area contributed by atoms with Crippen LogP contribution in [0.3, 0.4) is 0 Å². The van der Waals surface area contributed by atoms with Gasteiger partial charge in [0.15, 0.2) is 11.5 Å². The molecule has 1 aliphatic rings. The fourth-order valence-corrected chi connectivity index (χ4v) is 4.06. The van der Waals surface area contributed by atoms with Crippen LogP contribution in [0.4, 0.5) is 0 Å². The molecule has 0 unspecified atom stereocenters. The number of amides is 1. The van der Waals surface area contributed by atoms with Crippen molar-refractivity contribution in [3.63, 3.8) is 0 Å². The molecule has 1 heterocycles. The van der Waals surface area contributed by atoms with Gasteiger partial charge in [0, 0.05) is 36.1 Å². The van der Waals surface area contributed by atoms with Crippen molar-refractivity contribution in [3.05, 3.63) is 18.2 Å². The predicted molar refractivity (Wildman–Crippen MR) is 112 cm³/mol. The SMILES string of the molecule is COCC1(CNC(=O)CCSc2ccc(OC)c(OC)c2)CCNCC1.Cl. The van der Waals surface area contributed by atoms with Gasteiger partial charge in [0.1, 0.15) is 0 Å². The number of rotatable bonds is 10. The minimum Gasteiger partial charge on any atom is -0.493 e. The molecule has 0 spiro atoms. The molecule has 1 aliphatic heterocycles. The number of ether oxygens (including phenoxy) is 3. The Bertz CT molecular complexity index is 577. The zero-order valence-corrected chi connectivity index (χ0v) is 18.0. The molecule has 0 aliphatic carbocycles. The molecule has 1 aromatic carbocycles. The Morgan fingerprint density at radius 1 is 1.19 bits per heavy atom. The summed E-state index contributed by atoms with van der Waals surface area (Å²) in [5.74, 6) is 2.22. The predicted octanol–water partition coefficient (Wildman–Crippen LogP) is 2.74. The van der Waals surface area contributed by atoms with Crippen LogP contribution in [0, 0.1) is 5.41 Å². The first-order chi connectivity index (χ1) is 12.6. The van der Waals surface area contributed by atoms with Gasteiger partial charge in [-0.15, -0.1) is 24.2 Å². The lowest BCUT2D eigenvalue weighted by molar-refractivity contribution is -0.121. The molecule has 1 aromatic rings. The molecule has 27 heavy (non-hydrogen) atoms. The number of carbonyl (C=O) groups excluding carboxylic acids is 1. The number of halogens is 1. The van der Waals surface area contributed by atoms with E-state index in [0.717, 1.165) is 36.6 Å². The van der Waals surface area contributed by atoms with Crippen LogP contribution in [0.2, 0.25) is 0 Å². The number of methoxy groups -OCH3 is 3. The monoisotopic (exact) mass is 418 g/mol. The van der Waals surface area contributed by atoms with Crippen LogP contribution >= 0.6 is 24.2 Å². The Kier molecular flexibility index (Phi) is 10.9. The van der Waals surface area contributed by atoms with Crippen LogP contribution in [0.1, 0.15) is 19.3 Å². The molecule has 0 bridgehead atoms. The van der Waals surface area contributed by atoms with Crippen molar-refractivity contribution in [3.8, 4) is 11.5 Å². The van der Waals surface area contributed by atoms with Gasteiger partial charge in [-0.05, 0) is 44.1 Å². The second-order valence-electron chi connectivity index (χ2n) is 6.57. The van der Waals surface area contributed by atoms with E-state index in [-0.39, 0.29) is 23.7 Å². The molecular formula is C19H31ClN2O4S. The lowest BCUT2D eigenvalue weighted by Gasteiger charge is -2.37. The minimum atomic E-state index is 0. The molecule has 1 saturated heterocycles. The van der Waals surface area contributed by atoms with Crippen molar-refractivity contribution in [2.24, 2.45) is 5.41 Å². The molecule has 2 N–H and O–H groups in total. The number of piperidine rings is 1. The second-order valence-corrected chi connectivity index (χ2v) is 7.74. The summed E-state index contributed by atoms with van der Waals surface area (Å²) in [6.07, 6.45) is 2.54. The van der Waals surface area contributed by atoms with Crippen molar-refractivity contribution < 1.29 is 19.0 Å². The fourth-order valence-electron chi connectivity index (χ4n) is 3.18. The number of benzene rings is 1. The van der Waals surface area contributed by atoms with Gasteiger partial charge < -0.3 is 24.8 Å². The molecule has 8 heteroatoms. The highest BCUT2D eigenvalue weighted by Gasteiger charge is 2.32. The quantitative estimate of drug-likeness (QED) is 0.569. The molecular weight excluding hydrogens is 388 g/mol. The van der Waals surface area contributed by atoms with Crippen LogP contribution < -0.4 is 20.1 Å². The summed E-state index contributed by atoms with van der Waals surface area (Å²) in [6.45, 7) is 3.33. The van der Waals surface area contributed by atoms with Gasteiger partial charge in [-0.3, -0.25) is 4.79 Å². The summed E-state index contributed by atoms with van der Waals surface area (Å²) < 4.78 is 15.9. The first kappa shape index (κ1) is 23.9. The zero-order valence-electron chi connectivity index (χ0n) is 16.3. The molecule has 6 nitrogen and oxygen atoms in total. The first-order valence-corrected chi connectivity index (χ1v) is 9.92. The average Bonchev–Trinajstić information content (AvgIpc) is 2.67. The largest absolute Gasteiger partial charge is 0.493 e. The number of nitrogens with one attached hydrogen (secondary N) is 2. The molecule has 154 valence electrons. The molecule has 0 atom stereocenters. The minimum absolute atomic E-state index is 0. The molecule has 2 rings (SSSR count). The summed E-state index contributed by atoms with van der Waals surface area (Å²) in [5, 5.41) is 6.47. The number of hydrogen-bond acceptors (Lipinski definition) is 6. The summed E-state index contributed by atoms with van der Waals surface area (Å²) in [5.41, 5.74) is 0.0617. The second kappa shape index (κ2) is 12.3. The molecule has 1 fully saturated rings. The number of hydrogen-bond donors (Lipinski definition) is 2. The first-order valence-electron chi connectivity index (χ1n) is 8.94. The summed E-state index contributed by atoms with van der Waals surface area (Å²) in [7, 11) is 4.97. The standard InChI is InChI=1S/C19H30N2O4S.ClH/c1-23-14-19(7-9-20-10-8-19)13-21-18(22)6-11-26-15-4-5-16(24-2)17(12-15)25-3;/h4-5,12,20H,6-11,13-14H2,1-3H3,(H,21,22);1H. The van der Waals surface area contributed by atoms with Crippen molar-refractivity contribution in [2.75, 3.05) is 53.3 Å². The van der Waals surface area contributed by atoms with Gasteiger partial charge in [-0.25, -0.2) is 0 Å². The molecule has 1 amide bonds. The average molecular weight is 419 g/mol. The third-order valence-corrected chi connectivity index (χ3v) is 5.72. The van der Waals surface area contributed by atoms with E-state index in [1.165, 1.54) is 0 Å². The molecule has 0 aromatic heterocycles. The van der Waals surface area contributed by atoms with Crippen LogP contribution in [0.5, 0.6) is 11.5 Å². The lowest BCUT2D eigenvalue weighted by Crippen LogP contribution is -2.47. The van der Waals surface area contributed by atoms with Crippen LogP contribution in [0.25, 0.3) is 0 Å². The van der Waals surface area contributed by atoms with Crippen molar-refractivity contribution >= 4 is 30.1 Å². The normalized spacial score (nSPS) is 15.5. The number of thioether (sulfide) groups is 1. The van der Waals surface area contributed by atoms with Crippen LogP contribution in [0.15, 0.2) is 23.1 Å². The highest BCUT2D eigenvalue weighted by atomic mass is 35.5. The van der Waals surface area contributed by atoms with Gasteiger partial charge in [0.05, 0.1) is 20.8 Å². The Morgan fingerprint density at radius 3 is 2.52 bits per heavy atom.